The van der Waals surface area contributed by atoms with Crippen LogP contribution in [0.1, 0.15) is 97.2 Å². The van der Waals surface area contributed by atoms with E-state index in [-0.39, 0.29) is 0 Å². The monoisotopic (exact) mass is 1100 g/mol. The molecule has 0 heterocycles. The molecule has 414 valence electrons. The van der Waals surface area contributed by atoms with Crippen LogP contribution in [0.4, 0.5) is 22.7 Å². The summed E-state index contributed by atoms with van der Waals surface area (Å²) in [5, 5.41) is 0. The normalized spacial score (nSPS) is 13.7. The molecule has 0 aliphatic heterocycles. The van der Waals surface area contributed by atoms with Crippen molar-refractivity contribution in [3.05, 3.63) is 387 Å². The summed E-state index contributed by atoms with van der Waals surface area (Å²) < 4.78 is 0. The van der Waals surface area contributed by atoms with Crippen molar-refractivity contribution >= 4 is 75.9 Å². The van der Waals surface area contributed by atoms with Crippen LogP contribution >= 0.6 is 0 Å². The molecule has 2 aliphatic rings. The topological polar surface area (TPSA) is 6.48 Å². The summed E-state index contributed by atoms with van der Waals surface area (Å²) in [5.74, 6) is 0. The van der Waals surface area contributed by atoms with E-state index in [4.69, 9.17) is 0 Å². The molecule has 0 aromatic heterocycles. The molecule has 0 N–H and O–H groups in total. The lowest BCUT2D eigenvalue weighted by Crippen LogP contribution is -2.13. The number of aryl methyl sites for hydroxylation is 2. The molecule has 0 unspecified atom stereocenters. The molecule has 0 bridgehead atoms. The standard InChI is InChI=1S/C84H68N2/c1-5-22-72(23-6-1)83(73-24-7-2-8-25-73)59-67-44-53-79(54-45-67)85(61-69-39-48-70-21-13-14-31-76(70)58-69)78-49-40-63(41-50-78)35-37-65-19-17-20-66(57-65)38-36-64-42-51-80(52-43-64)86(62-77-33-18-32-71-30-15-16-34-82(71)77)81-55-46-68(47-56-81)60-84(74-26-9-3-10-27-74)75-28-11-4-12-29-75/h1-17,19-31,34-38,40-47,49-57,59-62H,18,32-33,39,48,58H2. The minimum Gasteiger partial charge on any atom is -0.317 e. The van der Waals surface area contributed by atoms with Crippen molar-refractivity contribution in [3.63, 3.8) is 0 Å². The summed E-state index contributed by atoms with van der Waals surface area (Å²) >= 11 is 0. The summed E-state index contributed by atoms with van der Waals surface area (Å²) in [4.78, 5) is 4.74. The van der Waals surface area contributed by atoms with Crippen LogP contribution in [0, 0.1) is 0 Å². The number of hydrogen-bond acceptors (Lipinski definition) is 2. The van der Waals surface area contributed by atoms with Gasteiger partial charge in [0, 0.05) is 35.1 Å². The smallest absolute Gasteiger partial charge is 0.0456 e. The van der Waals surface area contributed by atoms with Crippen molar-refractivity contribution in [1.82, 2.24) is 0 Å². The highest BCUT2D eigenvalue weighted by molar-refractivity contribution is 5.93. The first-order chi connectivity index (χ1) is 42.6. The Morgan fingerprint density at radius 2 is 0.663 bits per heavy atom. The molecule has 2 heteroatoms. The average molecular weight is 1110 g/mol. The van der Waals surface area contributed by atoms with Gasteiger partial charge in [0.05, 0.1) is 0 Å². The first kappa shape index (κ1) is 54.7. The molecule has 0 saturated carbocycles. The van der Waals surface area contributed by atoms with Gasteiger partial charge in [-0.2, -0.15) is 0 Å². The molecular weight excluding hydrogens is 1040 g/mol. The number of benzene rings is 11. The Morgan fingerprint density at radius 3 is 1.13 bits per heavy atom. The third-order valence-electron chi connectivity index (χ3n) is 16.6. The summed E-state index contributed by atoms with van der Waals surface area (Å²) in [5.41, 5.74) is 27.1. The molecule has 13 rings (SSSR count). The zero-order valence-electron chi connectivity index (χ0n) is 48.5. The molecule has 2 aliphatic carbocycles. The van der Waals surface area contributed by atoms with Crippen LogP contribution in [0.2, 0.25) is 0 Å². The first-order valence-corrected chi connectivity index (χ1v) is 30.2. The Kier molecular flexibility index (Phi) is 16.8. The number of rotatable bonds is 16. The summed E-state index contributed by atoms with van der Waals surface area (Å²) in [6.45, 7) is 0. The maximum atomic E-state index is 2.38. The van der Waals surface area contributed by atoms with Crippen molar-refractivity contribution in [2.24, 2.45) is 0 Å². The Labute approximate surface area is 508 Å². The molecule has 11 aromatic carbocycles. The number of fused-ring (bicyclic) bond motifs is 2. The van der Waals surface area contributed by atoms with Crippen molar-refractivity contribution in [2.45, 2.75) is 38.5 Å². The van der Waals surface area contributed by atoms with Gasteiger partial charge in [-0.25, -0.2) is 0 Å². The first-order valence-electron chi connectivity index (χ1n) is 30.2. The fourth-order valence-electron chi connectivity index (χ4n) is 12.0. The molecule has 0 amide bonds. The molecule has 0 atom stereocenters. The highest BCUT2D eigenvalue weighted by Gasteiger charge is 2.19. The Bertz CT molecular complexity index is 4180. The molecule has 0 fully saturated rings. The van der Waals surface area contributed by atoms with E-state index in [9.17, 15) is 0 Å². The highest BCUT2D eigenvalue weighted by atomic mass is 15.1. The Hall–Kier alpha value is -10.5. The molecule has 0 saturated heterocycles. The quantitative estimate of drug-likeness (QED) is 0.0890. The van der Waals surface area contributed by atoms with Gasteiger partial charge in [0.25, 0.3) is 0 Å². The Balaban J connectivity index is 0.727. The van der Waals surface area contributed by atoms with E-state index in [0.29, 0.717) is 0 Å². The van der Waals surface area contributed by atoms with Crippen LogP contribution in [0.15, 0.2) is 309 Å². The zero-order chi connectivity index (χ0) is 57.7. The predicted molar refractivity (Wildman–Crippen MR) is 368 cm³/mol. The van der Waals surface area contributed by atoms with Crippen molar-refractivity contribution < 1.29 is 0 Å². The van der Waals surface area contributed by atoms with E-state index >= 15 is 0 Å². The van der Waals surface area contributed by atoms with Gasteiger partial charge in [-0.3, -0.25) is 0 Å². The average Bonchev–Trinajstić information content (AvgIpc) is 3.78. The fourth-order valence-corrected chi connectivity index (χ4v) is 12.0. The third kappa shape index (κ3) is 13.3. The maximum Gasteiger partial charge on any atom is 0.0456 e. The van der Waals surface area contributed by atoms with Gasteiger partial charge in [0.15, 0.2) is 0 Å². The van der Waals surface area contributed by atoms with E-state index in [0.717, 1.165) is 94.7 Å². The van der Waals surface area contributed by atoms with Gasteiger partial charge in [-0.15, -0.1) is 0 Å². The van der Waals surface area contributed by atoms with Crippen LogP contribution in [0.25, 0.3) is 53.2 Å². The number of allylic oxidation sites excluding steroid dienone is 2. The lowest BCUT2D eigenvalue weighted by atomic mass is 9.88. The van der Waals surface area contributed by atoms with E-state index < -0.39 is 0 Å². The van der Waals surface area contributed by atoms with Crippen LogP contribution in [0.3, 0.4) is 0 Å². The van der Waals surface area contributed by atoms with E-state index in [1.165, 1.54) is 66.8 Å². The van der Waals surface area contributed by atoms with Crippen LogP contribution in [-0.4, -0.2) is 0 Å². The van der Waals surface area contributed by atoms with Crippen LogP contribution < -0.4 is 9.80 Å². The molecule has 11 aromatic rings. The molecule has 0 radical (unpaired) electrons. The van der Waals surface area contributed by atoms with Crippen molar-refractivity contribution in [2.75, 3.05) is 9.80 Å². The SMILES string of the molecule is C(=Cc1cccc(C=Cc2ccc(N(C=C3CCCc4ccccc43)c3ccc(C=C(c4ccccc4)c4ccccc4)cc3)cc2)c1)c1ccc(N(C=C2CCc3ccccc3C2)c2ccc(C=C(c3ccccc3)c3ccccc3)cc2)cc1. The molecule has 86 heavy (non-hydrogen) atoms. The van der Waals surface area contributed by atoms with Gasteiger partial charge in [-0.05, 0) is 205 Å². The van der Waals surface area contributed by atoms with Gasteiger partial charge in [-0.1, -0.05) is 261 Å². The van der Waals surface area contributed by atoms with Crippen LogP contribution in [-0.2, 0) is 19.3 Å². The lowest BCUT2D eigenvalue weighted by Gasteiger charge is -2.26. The second-order valence-electron chi connectivity index (χ2n) is 22.4. The second kappa shape index (κ2) is 26.4. The zero-order valence-corrected chi connectivity index (χ0v) is 48.5. The summed E-state index contributed by atoms with van der Waals surface area (Å²) in [6.07, 6.45) is 24.6. The molecular formula is C84H68N2. The lowest BCUT2D eigenvalue weighted by molar-refractivity contribution is 0.820. The van der Waals surface area contributed by atoms with Crippen molar-refractivity contribution in [1.29, 1.82) is 0 Å². The number of nitrogens with zero attached hydrogens (tertiary/aromatic N) is 2. The van der Waals surface area contributed by atoms with Gasteiger partial charge >= 0.3 is 0 Å². The fraction of sp³-hybridized carbons (Fsp3) is 0.0714. The van der Waals surface area contributed by atoms with Gasteiger partial charge in [0.1, 0.15) is 0 Å². The largest absolute Gasteiger partial charge is 0.317 e. The number of hydrogen-bond donors (Lipinski definition) is 0. The van der Waals surface area contributed by atoms with Gasteiger partial charge < -0.3 is 9.80 Å². The number of anilines is 4. The molecule has 2 nitrogen and oxygen atoms in total. The highest BCUT2D eigenvalue weighted by Crippen LogP contribution is 2.37. The maximum absolute atomic E-state index is 2.38. The minimum atomic E-state index is 0.960. The summed E-state index contributed by atoms with van der Waals surface area (Å²) in [7, 11) is 0. The second-order valence-corrected chi connectivity index (χ2v) is 22.4. The summed E-state index contributed by atoms with van der Waals surface area (Å²) in [6, 6.07) is 105. The molecule has 0 spiro atoms. The third-order valence-corrected chi connectivity index (χ3v) is 16.6. The van der Waals surface area contributed by atoms with Gasteiger partial charge in [0.2, 0.25) is 0 Å². The van der Waals surface area contributed by atoms with Crippen LogP contribution in [0.5, 0.6) is 0 Å². The van der Waals surface area contributed by atoms with E-state index in [2.05, 4.69) is 350 Å². The van der Waals surface area contributed by atoms with E-state index in [1.54, 1.807) is 0 Å². The minimum absolute atomic E-state index is 0.960. The predicted octanol–water partition coefficient (Wildman–Crippen LogP) is 21.9. The Morgan fingerprint density at radius 1 is 0.279 bits per heavy atom. The van der Waals surface area contributed by atoms with Crippen molar-refractivity contribution in [3.8, 4) is 0 Å². The van der Waals surface area contributed by atoms with E-state index in [1.807, 2.05) is 0 Å².